The first-order valence-corrected chi connectivity index (χ1v) is 4.56. The molecule has 1 aromatic heterocycles. The van der Waals surface area contributed by atoms with E-state index in [1.165, 1.54) is 6.92 Å². The molecule has 2 rings (SSSR count). The summed E-state index contributed by atoms with van der Waals surface area (Å²) in [7, 11) is 0. The van der Waals surface area contributed by atoms with Crippen molar-refractivity contribution in [1.82, 2.24) is 4.98 Å². The standard InChI is InChI=1S/C11H13NO2/c1-11(13,14)7-9-6-8-4-2-3-5-10(8)12-9/h2-6,12-14H,7H2,1H3. The van der Waals surface area contributed by atoms with Crippen molar-refractivity contribution in [3.8, 4) is 0 Å². The summed E-state index contributed by atoms with van der Waals surface area (Å²) in [5, 5.41) is 19.6. The summed E-state index contributed by atoms with van der Waals surface area (Å²) in [6, 6.07) is 9.78. The Morgan fingerprint density at radius 1 is 1.29 bits per heavy atom. The van der Waals surface area contributed by atoms with Crippen LogP contribution >= 0.6 is 0 Å². The van der Waals surface area contributed by atoms with E-state index in [4.69, 9.17) is 0 Å². The third-order valence-corrected chi connectivity index (χ3v) is 2.11. The number of aromatic amines is 1. The average molecular weight is 191 g/mol. The Morgan fingerprint density at radius 2 is 2.00 bits per heavy atom. The Morgan fingerprint density at radius 3 is 2.64 bits per heavy atom. The topological polar surface area (TPSA) is 56.2 Å². The summed E-state index contributed by atoms with van der Waals surface area (Å²) >= 11 is 0. The molecule has 0 aliphatic rings. The van der Waals surface area contributed by atoms with Crippen LogP contribution in [0.1, 0.15) is 12.6 Å². The largest absolute Gasteiger partial charge is 0.366 e. The van der Waals surface area contributed by atoms with Gasteiger partial charge in [-0.1, -0.05) is 18.2 Å². The molecule has 0 saturated heterocycles. The highest BCUT2D eigenvalue weighted by atomic mass is 16.5. The number of aliphatic hydroxyl groups is 2. The molecule has 0 amide bonds. The Kier molecular flexibility index (Phi) is 2.06. The second-order valence-electron chi connectivity index (χ2n) is 3.78. The van der Waals surface area contributed by atoms with Gasteiger partial charge in [-0.05, 0) is 24.4 Å². The number of fused-ring (bicyclic) bond motifs is 1. The van der Waals surface area contributed by atoms with Gasteiger partial charge >= 0.3 is 0 Å². The predicted molar refractivity (Wildman–Crippen MR) is 54.8 cm³/mol. The number of nitrogens with one attached hydrogen (secondary N) is 1. The molecule has 0 radical (unpaired) electrons. The van der Waals surface area contributed by atoms with Crippen LogP contribution in [-0.2, 0) is 6.42 Å². The number of para-hydroxylation sites is 1. The monoisotopic (exact) mass is 191 g/mol. The fourth-order valence-corrected chi connectivity index (χ4v) is 1.59. The van der Waals surface area contributed by atoms with Gasteiger partial charge in [-0.15, -0.1) is 0 Å². The second-order valence-corrected chi connectivity index (χ2v) is 3.78. The fourth-order valence-electron chi connectivity index (χ4n) is 1.59. The van der Waals surface area contributed by atoms with E-state index >= 15 is 0 Å². The molecular weight excluding hydrogens is 178 g/mol. The molecule has 0 aliphatic carbocycles. The molecule has 2 aromatic rings. The van der Waals surface area contributed by atoms with Crippen LogP contribution < -0.4 is 0 Å². The molecule has 0 unspecified atom stereocenters. The lowest BCUT2D eigenvalue weighted by Crippen LogP contribution is -2.26. The van der Waals surface area contributed by atoms with E-state index in [0.29, 0.717) is 0 Å². The number of benzene rings is 1. The highest BCUT2D eigenvalue weighted by molar-refractivity contribution is 5.80. The predicted octanol–water partition coefficient (Wildman–Crippen LogP) is 1.41. The second kappa shape index (κ2) is 3.12. The van der Waals surface area contributed by atoms with Gasteiger partial charge < -0.3 is 15.2 Å². The summed E-state index contributed by atoms with van der Waals surface area (Å²) in [4.78, 5) is 3.13. The zero-order chi connectivity index (χ0) is 10.2. The maximum Gasteiger partial charge on any atom is 0.165 e. The van der Waals surface area contributed by atoms with Crippen LogP contribution in [0.3, 0.4) is 0 Å². The molecule has 3 nitrogen and oxygen atoms in total. The number of rotatable bonds is 2. The van der Waals surface area contributed by atoms with Crippen LogP contribution in [-0.4, -0.2) is 21.0 Å². The minimum atomic E-state index is -1.65. The van der Waals surface area contributed by atoms with Crippen molar-refractivity contribution in [3.63, 3.8) is 0 Å². The van der Waals surface area contributed by atoms with Gasteiger partial charge in [-0.25, -0.2) is 0 Å². The zero-order valence-electron chi connectivity index (χ0n) is 7.99. The number of hydrogen-bond acceptors (Lipinski definition) is 2. The molecule has 3 N–H and O–H groups in total. The molecule has 0 aliphatic heterocycles. The quantitative estimate of drug-likeness (QED) is 0.629. The summed E-state index contributed by atoms with van der Waals surface area (Å²) in [5.41, 5.74) is 1.85. The van der Waals surface area contributed by atoms with Crippen LogP contribution in [0.2, 0.25) is 0 Å². The molecule has 0 spiro atoms. The van der Waals surface area contributed by atoms with Crippen molar-refractivity contribution in [1.29, 1.82) is 0 Å². The van der Waals surface area contributed by atoms with Crippen LogP contribution in [0, 0.1) is 0 Å². The van der Waals surface area contributed by atoms with E-state index < -0.39 is 5.79 Å². The van der Waals surface area contributed by atoms with Crippen molar-refractivity contribution in [2.24, 2.45) is 0 Å². The van der Waals surface area contributed by atoms with Crippen molar-refractivity contribution in [2.75, 3.05) is 0 Å². The van der Waals surface area contributed by atoms with Crippen molar-refractivity contribution in [2.45, 2.75) is 19.1 Å². The van der Waals surface area contributed by atoms with E-state index in [9.17, 15) is 10.2 Å². The van der Waals surface area contributed by atoms with Crippen LogP contribution in [0.25, 0.3) is 10.9 Å². The van der Waals surface area contributed by atoms with Crippen molar-refractivity contribution in [3.05, 3.63) is 36.0 Å². The lowest BCUT2D eigenvalue weighted by molar-refractivity contribution is -0.143. The average Bonchev–Trinajstić information content (AvgIpc) is 2.42. The minimum Gasteiger partial charge on any atom is -0.366 e. The maximum absolute atomic E-state index is 9.23. The number of H-pyrrole nitrogens is 1. The minimum absolute atomic E-state index is 0.210. The van der Waals surface area contributed by atoms with E-state index in [1.807, 2.05) is 30.3 Å². The molecule has 1 aromatic carbocycles. The molecule has 0 bridgehead atoms. The van der Waals surface area contributed by atoms with Gasteiger partial charge in [0.15, 0.2) is 5.79 Å². The first-order valence-electron chi connectivity index (χ1n) is 4.56. The molecule has 0 saturated carbocycles. The van der Waals surface area contributed by atoms with Gasteiger partial charge in [-0.3, -0.25) is 0 Å². The van der Waals surface area contributed by atoms with Gasteiger partial charge in [0.1, 0.15) is 0 Å². The maximum atomic E-state index is 9.23. The van der Waals surface area contributed by atoms with Crippen molar-refractivity contribution < 1.29 is 10.2 Å². The highest BCUT2D eigenvalue weighted by Crippen LogP contribution is 2.17. The van der Waals surface area contributed by atoms with Gasteiger partial charge in [0.2, 0.25) is 0 Å². The summed E-state index contributed by atoms with van der Waals surface area (Å²) in [6.45, 7) is 1.37. The van der Waals surface area contributed by atoms with E-state index in [-0.39, 0.29) is 6.42 Å². The molecule has 1 heterocycles. The lowest BCUT2D eigenvalue weighted by atomic mass is 10.1. The third-order valence-electron chi connectivity index (χ3n) is 2.11. The first-order chi connectivity index (χ1) is 6.54. The Labute approximate surface area is 82.0 Å². The molecule has 14 heavy (non-hydrogen) atoms. The molecule has 0 atom stereocenters. The van der Waals surface area contributed by atoms with Crippen LogP contribution in [0.5, 0.6) is 0 Å². The summed E-state index contributed by atoms with van der Waals surface area (Å²) in [5.74, 6) is -1.65. The van der Waals surface area contributed by atoms with E-state index in [0.717, 1.165) is 16.6 Å². The molecule has 0 fully saturated rings. The zero-order valence-corrected chi connectivity index (χ0v) is 7.99. The summed E-state index contributed by atoms with van der Waals surface area (Å²) < 4.78 is 0. The lowest BCUT2D eigenvalue weighted by Gasteiger charge is -2.13. The first kappa shape index (κ1) is 9.24. The van der Waals surface area contributed by atoms with E-state index in [2.05, 4.69) is 4.98 Å². The SMILES string of the molecule is CC(O)(O)Cc1cc2ccccc2[nH]1. The van der Waals surface area contributed by atoms with Gasteiger partial charge in [0.05, 0.1) is 0 Å². The molecular formula is C11H13NO2. The Balaban J connectivity index is 2.36. The van der Waals surface area contributed by atoms with Gasteiger partial charge in [0.25, 0.3) is 0 Å². The van der Waals surface area contributed by atoms with Gasteiger partial charge in [0, 0.05) is 17.6 Å². The highest BCUT2D eigenvalue weighted by Gasteiger charge is 2.16. The number of aromatic nitrogens is 1. The van der Waals surface area contributed by atoms with Crippen molar-refractivity contribution >= 4 is 10.9 Å². The fraction of sp³-hybridized carbons (Fsp3) is 0.273. The third kappa shape index (κ3) is 1.95. The normalized spacial score (nSPS) is 12.2. The summed E-state index contributed by atoms with van der Waals surface area (Å²) in [6.07, 6.45) is 0.210. The molecule has 3 heteroatoms. The number of hydrogen-bond donors (Lipinski definition) is 3. The molecule has 74 valence electrons. The van der Waals surface area contributed by atoms with E-state index in [1.54, 1.807) is 0 Å². The van der Waals surface area contributed by atoms with Gasteiger partial charge in [-0.2, -0.15) is 0 Å². The smallest absolute Gasteiger partial charge is 0.165 e. The van der Waals surface area contributed by atoms with Crippen LogP contribution in [0.4, 0.5) is 0 Å². The van der Waals surface area contributed by atoms with Crippen LogP contribution in [0.15, 0.2) is 30.3 Å². The Hall–Kier alpha value is -1.32. The Bertz CT molecular complexity index is 407.